The van der Waals surface area contributed by atoms with Crippen molar-refractivity contribution in [3.05, 3.63) is 35.9 Å². The second-order valence-electron chi connectivity index (χ2n) is 6.04. The Hall–Kier alpha value is -0.860. The standard InChI is InChI=1S/C16H25NO/c1-16(2,14-17-10-12-18-13-11-17)9-8-15-6-4-3-5-7-15/h3-7H,8-14H2,1-2H3. The molecular formula is C16H25NO. The number of hydrogen-bond donors (Lipinski definition) is 0. The molecule has 2 nitrogen and oxygen atoms in total. The highest BCUT2D eigenvalue weighted by atomic mass is 16.5. The van der Waals surface area contributed by atoms with Crippen molar-refractivity contribution in [2.24, 2.45) is 5.41 Å². The first-order valence-electron chi connectivity index (χ1n) is 7.00. The van der Waals surface area contributed by atoms with Crippen LogP contribution in [0.1, 0.15) is 25.8 Å². The summed E-state index contributed by atoms with van der Waals surface area (Å²) in [4.78, 5) is 2.54. The van der Waals surface area contributed by atoms with Gasteiger partial charge in [-0.3, -0.25) is 4.90 Å². The molecule has 1 heterocycles. The second kappa shape index (κ2) is 6.35. The van der Waals surface area contributed by atoms with E-state index in [0.717, 1.165) is 26.3 Å². The van der Waals surface area contributed by atoms with Gasteiger partial charge in [0.2, 0.25) is 0 Å². The van der Waals surface area contributed by atoms with Crippen LogP contribution in [-0.4, -0.2) is 37.7 Å². The van der Waals surface area contributed by atoms with Crippen LogP contribution in [0.25, 0.3) is 0 Å². The van der Waals surface area contributed by atoms with Gasteiger partial charge in [0, 0.05) is 19.6 Å². The molecule has 2 rings (SSSR count). The van der Waals surface area contributed by atoms with Crippen LogP contribution < -0.4 is 0 Å². The number of rotatable bonds is 5. The van der Waals surface area contributed by atoms with Crippen molar-refractivity contribution >= 4 is 0 Å². The second-order valence-corrected chi connectivity index (χ2v) is 6.04. The van der Waals surface area contributed by atoms with Crippen LogP contribution in [0, 0.1) is 5.41 Å². The molecule has 0 bridgehead atoms. The summed E-state index contributed by atoms with van der Waals surface area (Å²) in [7, 11) is 0. The first-order valence-corrected chi connectivity index (χ1v) is 7.00. The lowest BCUT2D eigenvalue weighted by Gasteiger charge is -2.35. The normalized spacial score (nSPS) is 17.9. The molecule has 0 saturated carbocycles. The maximum absolute atomic E-state index is 5.40. The maximum Gasteiger partial charge on any atom is 0.0594 e. The van der Waals surface area contributed by atoms with E-state index >= 15 is 0 Å². The molecule has 0 amide bonds. The SMILES string of the molecule is CC(C)(CCc1ccccc1)CN1CCOCC1. The predicted octanol–water partition coefficient (Wildman–Crippen LogP) is 2.98. The molecule has 0 spiro atoms. The van der Waals surface area contributed by atoms with Gasteiger partial charge in [0.25, 0.3) is 0 Å². The quantitative estimate of drug-likeness (QED) is 0.793. The van der Waals surface area contributed by atoms with Crippen molar-refractivity contribution in [1.82, 2.24) is 4.90 Å². The Morgan fingerprint density at radius 1 is 1.11 bits per heavy atom. The number of morpholine rings is 1. The summed E-state index contributed by atoms with van der Waals surface area (Å²) in [6.45, 7) is 9.92. The molecule has 1 aromatic rings. The average molecular weight is 247 g/mol. The molecule has 18 heavy (non-hydrogen) atoms. The number of ether oxygens (including phenoxy) is 1. The first-order chi connectivity index (χ1) is 8.66. The Bertz CT molecular complexity index is 341. The van der Waals surface area contributed by atoms with Crippen molar-refractivity contribution in [2.75, 3.05) is 32.8 Å². The largest absolute Gasteiger partial charge is 0.379 e. The third-order valence-corrected chi connectivity index (χ3v) is 3.69. The van der Waals surface area contributed by atoms with Gasteiger partial charge in [-0.2, -0.15) is 0 Å². The minimum atomic E-state index is 0.382. The molecule has 2 heteroatoms. The maximum atomic E-state index is 5.40. The number of nitrogens with zero attached hydrogens (tertiary/aromatic N) is 1. The lowest BCUT2D eigenvalue weighted by Crippen LogP contribution is -2.42. The fraction of sp³-hybridized carbons (Fsp3) is 0.625. The average Bonchev–Trinajstić information content (AvgIpc) is 2.38. The van der Waals surface area contributed by atoms with Crippen molar-refractivity contribution < 1.29 is 4.74 Å². The minimum absolute atomic E-state index is 0.382. The molecule has 1 saturated heterocycles. The van der Waals surface area contributed by atoms with Crippen LogP contribution in [0.3, 0.4) is 0 Å². The molecule has 100 valence electrons. The van der Waals surface area contributed by atoms with E-state index in [-0.39, 0.29) is 0 Å². The molecule has 0 aliphatic carbocycles. The molecule has 0 aromatic heterocycles. The highest BCUT2D eigenvalue weighted by molar-refractivity contribution is 5.14. The topological polar surface area (TPSA) is 12.5 Å². The van der Waals surface area contributed by atoms with Gasteiger partial charge in [-0.15, -0.1) is 0 Å². The summed E-state index contributed by atoms with van der Waals surface area (Å²) < 4.78 is 5.40. The van der Waals surface area contributed by atoms with E-state index in [1.165, 1.54) is 24.9 Å². The fourth-order valence-electron chi connectivity index (χ4n) is 2.57. The van der Waals surface area contributed by atoms with Crippen LogP contribution in [0.2, 0.25) is 0 Å². The Morgan fingerprint density at radius 3 is 2.44 bits per heavy atom. The van der Waals surface area contributed by atoms with Gasteiger partial charge in [-0.1, -0.05) is 44.2 Å². The van der Waals surface area contributed by atoms with Crippen molar-refractivity contribution in [1.29, 1.82) is 0 Å². The van der Waals surface area contributed by atoms with E-state index in [2.05, 4.69) is 49.1 Å². The summed E-state index contributed by atoms with van der Waals surface area (Å²) in [6, 6.07) is 10.8. The van der Waals surface area contributed by atoms with Crippen molar-refractivity contribution in [2.45, 2.75) is 26.7 Å². The van der Waals surface area contributed by atoms with E-state index in [1.54, 1.807) is 0 Å². The molecule has 1 aliphatic rings. The monoisotopic (exact) mass is 247 g/mol. The van der Waals surface area contributed by atoms with Crippen LogP contribution in [0.15, 0.2) is 30.3 Å². The first kappa shape index (κ1) is 13.6. The summed E-state index contributed by atoms with van der Waals surface area (Å²) in [6.07, 6.45) is 2.42. The third kappa shape index (κ3) is 4.43. The molecule has 0 unspecified atom stereocenters. The highest BCUT2D eigenvalue weighted by Gasteiger charge is 2.22. The van der Waals surface area contributed by atoms with Crippen LogP contribution in [0.4, 0.5) is 0 Å². The van der Waals surface area contributed by atoms with Crippen LogP contribution in [-0.2, 0) is 11.2 Å². The highest BCUT2D eigenvalue weighted by Crippen LogP contribution is 2.24. The molecule has 0 N–H and O–H groups in total. The molecular weight excluding hydrogens is 222 g/mol. The smallest absolute Gasteiger partial charge is 0.0594 e. The Balaban J connectivity index is 1.79. The van der Waals surface area contributed by atoms with E-state index in [0.29, 0.717) is 5.41 Å². The minimum Gasteiger partial charge on any atom is -0.379 e. The van der Waals surface area contributed by atoms with Gasteiger partial charge >= 0.3 is 0 Å². The number of hydrogen-bond acceptors (Lipinski definition) is 2. The van der Waals surface area contributed by atoms with Crippen LogP contribution >= 0.6 is 0 Å². The molecule has 1 aromatic carbocycles. The summed E-state index contributed by atoms with van der Waals surface area (Å²) >= 11 is 0. The van der Waals surface area contributed by atoms with Gasteiger partial charge in [0.05, 0.1) is 13.2 Å². The van der Waals surface area contributed by atoms with Gasteiger partial charge in [-0.05, 0) is 23.8 Å². The summed E-state index contributed by atoms with van der Waals surface area (Å²) in [5.41, 5.74) is 1.83. The van der Waals surface area contributed by atoms with Gasteiger partial charge in [-0.25, -0.2) is 0 Å². The van der Waals surface area contributed by atoms with E-state index in [4.69, 9.17) is 4.74 Å². The molecule has 0 radical (unpaired) electrons. The molecule has 0 atom stereocenters. The summed E-state index contributed by atoms with van der Waals surface area (Å²) in [5, 5.41) is 0. The number of aryl methyl sites for hydroxylation is 1. The van der Waals surface area contributed by atoms with Crippen molar-refractivity contribution in [3.8, 4) is 0 Å². The van der Waals surface area contributed by atoms with Gasteiger partial charge < -0.3 is 4.74 Å². The molecule has 1 aliphatic heterocycles. The molecule has 1 fully saturated rings. The Labute approximate surface area is 111 Å². The Morgan fingerprint density at radius 2 is 1.78 bits per heavy atom. The number of benzene rings is 1. The van der Waals surface area contributed by atoms with E-state index < -0.39 is 0 Å². The fourth-order valence-corrected chi connectivity index (χ4v) is 2.57. The van der Waals surface area contributed by atoms with E-state index in [1.807, 2.05) is 0 Å². The van der Waals surface area contributed by atoms with Gasteiger partial charge in [0.1, 0.15) is 0 Å². The van der Waals surface area contributed by atoms with Crippen molar-refractivity contribution in [3.63, 3.8) is 0 Å². The third-order valence-electron chi connectivity index (χ3n) is 3.69. The lowest BCUT2D eigenvalue weighted by molar-refractivity contribution is 0.0201. The lowest BCUT2D eigenvalue weighted by atomic mass is 9.85. The Kier molecular flexibility index (Phi) is 4.79. The zero-order valence-electron chi connectivity index (χ0n) is 11.7. The van der Waals surface area contributed by atoms with Gasteiger partial charge in [0.15, 0.2) is 0 Å². The van der Waals surface area contributed by atoms with E-state index in [9.17, 15) is 0 Å². The zero-order valence-corrected chi connectivity index (χ0v) is 11.7. The predicted molar refractivity (Wildman–Crippen MR) is 75.8 cm³/mol. The van der Waals surface area contributed by atoms with Crippen LogP contribution in [0.5, 0.6) is 0 Å². The summed E-state index contributed by atoms with van der Waals surface area (Å²) in [5.74, 6) is 0. The zero-order chi connectivity index (χ0) is 12.8.